The average molecular weight is 256 g/mol. The molecule has 0 aromatic carbocycles. The molecule has 0 spiro atoms. The fourth-order valence-electron chi connectivity index (χ4n) is 1.15. The van der Waals surface area contributed by atoms with E-state index in [1.807, 2.05) is 0 Å². The molecule has 18 heavy (non-hydrogen) atoms. The molecule has 0 saturated heterocycles. The Morgan fingerprint density at radius 2 is 2.17 bits per heavy atom. The Balaban J connectivity index is 2.58. The number of carbonyl (C=O) groups is 2. The van der Waals surface area contributed by atoms with Crippen LogP contribution in [-0.2, 0) is 16.1 Å². The highest BCUT2D eigenvalue weighted by Gasteiger charge is 2.24. The van der Waals surface area contributed by atoms with E-state index >= 15 is 0 Å². The van der Waals surface area contributed by atoms with Crippen LogP contribution < -0.4 is 5.32 Å². The van der Waals surface area contributed by atoms with Gasteiger partial charge in [-0.1, -0.05) is 5.21 Å². The van der Waals surface area contributed by atoms with Crippen molar-refractivity contribution in [3.05, 3.63) is 12.4 Å². The third kappa shape index (κ3) is 4.81. The lowest BCUT2D eigenvalue weighted by atomic mass is 10.2. The third-order valence-corrected chi connectivity index (χ3v) is 1.83. The number of carbonyl (C=O) groups excluding carboxylic acids is 1. The Hall–Kier alpha value is -2.12. The molecular formula is C10H16N4O4. The van der Waals surface area contributed by atoms with Gasteiger partial charge in [0.15, 0.2) is 0 Å². The maximum atomic E-state index is 11.5. The number of aromatic nitrogens is 3. The van der Waals surface area contributed by atoms with Gasteiger partial charge < -0.3 is 15.2 Å². The van der Waals surface area contributed by atoms with E-state index in [9.17, 15) is 9.59 Å². The third-order valence-electron chi connectivity index (χ3n) is 1.83. The number of amides is 1. The predicted molar refractivity (Wildman–Crippen MR) is 60.8 cm³/mol. The molecule has 1 atom stereocenters. The van der Waals surface area contributed by atoms with E-state index in [1.165, 1.54) is 17.1 Å². The molecule has 100 valence electrons. The molecule has 8 heteroatoms. The number of ether oxygens (including phenoxy) is 1. The van der Waals surface area contributed by atoms with Crippen molar-refractivity contribution in [1.29, 1.82) is 0 Å². The van der Waals surface area contributed by atoms with Crippen molar-refractivity contribution in [3.63, 3.8) is 0 Å². The van der Waals surface area contributed by atoms with Crippen molar-refractivity contribution < 1.29 is 19.4 Å². The largest absolute Gasteiger partial charge is 0.480 e. The second kappa shape index (κ2) is 5.48. The Bertz CT molecular complexity index is 410. The Morgan fingerprint density at radius 1 is 1.50 bits per heavy atom. The Morgan fingerprint density at radius 3 is 2.61 bits per heavy atom. The zero-order valence-corrected chi connectivity index (χ0v) is 10.5. The number of carboxylic acids is 1. The molecule has 1 amide bonds. The molecule has 0 aliphatic heterocycles. The van der Waals surface area contributed by atoms with Crippen LogP contribution in [0.3, 0.4) is 0 Å². The molecule has 0 radical (unpaired) electrons. The zero-order chi connectivity index (χ0) is 13.8. The first-order valence-corrected chi connectivity index (χ1v) is 5.34. The molecule has 1 aromatic heterocycles. The molecule has 8 nitrogen and oxygen atoms in total. The topological polar surface area (TPSA) is 106 Å². The molecule has 0 aliphatic carbocycles. The molecule has 0 unspecified atom stereocenters. The van der Waals surface area contributed by atoms with Gasteiger partial charge >= 0.3 is 12.1 Å². The normalized spacial score (nSPS) is 12.8. The summed E-state index contributed by atoms with van der Waals surface area (Å²) in [7, 11) is 0. The zero-order valence-electron chi connectivity index (χ0n) is 10.5. The summed E-state index contributed by atoms with van der Waals surface area (Å²) in [6, 6.07) is -1.12. The van der Waals surface area contributed by atoms with Gasteiger partial charge in [-0.05, 0) is 20.8 Å². The standard InChI is InChI=1S/C10H16N4O4/c1-10(2,3)18-9(17)12-7(8(15)16)6-14-5-4-11-13-14/h4-5,7H,6H2,1-3H3,(H,12,17)(H,15,16)/t7-/m1/s1. The first-order chi connectivity index (χ1) is 8.28. The Labute approximate surface area is 104 Å². The molecular weight excluding hydrogens is 240 g/mol. The summed E-state index contributed by atoms with van der Waals surface area (Å²) in [5, 5.41) is 18.4. The molecule has 0 aliphatic rings. The van der Waals surface area contributed by atoms with Gasteiger partial charge in [-0.2, -0.15) is 0 Å². The first-order valence-electron chi connectivity index (χ1n) is 5.34. The molecule has 0 fully saturated rings. The van der Waals surface area contributed by atoms with E-state index in [4.69, 9.17) is 9.84 Å². The molecule has 0 saturated carbocycles. The van der Waals surface area contributed by atoms with E-state index in [0.29, 0.717) is 0 Å². The number of carboxylic acid groups (broad SMARTS) is 1. The lowest BCUT2D eigenvalue weighted by Gasteiger charge is -2.21. The van der Waals surface area contributed by atoms with Gasteiger partial charge in [0.25, 0.3) is 0 Å². The lowest BCUT2D eigenvalue weighted by Crippen LogP contribution is -2.45. The number of aliphatic carboxylic acids is 1. The smallest absolute Gasteiger partial charge is 0.408 e. The second-order valence-corrected chi connectivity index (χ2v) is 4.66. The van der Waals surface area contributed by atoms with Crippen molar-refractivity contribution in [1.82, 2.24) is 20.3 Å². The molecule has 1 heterocycles. The van der Waals surface area contributed by atoms with Crippen LogP contribution in [0.4, 0.5) is 4.79 Å². The van der Waals surface area contributed by atoms with Gasteiger partial charge in [-0.3, -0.25) is 0 Å². The highest BCUT2D eigenvalue weighted by Crippen LogP contribution is 2.07. The number of nitrogens with zero attached hydrogens (tertiary/aromatic N) is 3. The minimum atomic E-state index is -1.17. The highest BCUT2D eigenvalue weighted by atomic mass is 16.6. The van der Waals surface area contributed by atoms with Gasteiger partial charge in [-0.15, -0.1) is 5.10 Å². The van der Waals surface area contributed by atoms with Gasteiger partial charge in [-0.25, -0.2) is 14.3 Å². The quantitative estimate of drug-likeness (QED) is 0.800. The van der Waals surface area contributed by atoms with Crippen molar-refractivity contribution in [2.45, 2.75) is 39.0 Å². The maximum absolute atomic E-state index is 11.5. The van der Waals surface area contributed by atoms with Crippen molar-refractivity contribution >= 4 is 12.1 Å². The predicted octanol–water partition coefficient (Wildman–Crippen LogP) is 0.256. The molecule has 1 rings (SSSR count). The van der Waals surface area contributed by atoms with Gasteiger partial charge in [0.1, 0.15) is 11.6 Å². The average Bonchev–Trinajstić information content (AvgIpc) is 2.66. The SMILES string of the molecule is CC(C)(C)OC(=O)N[C@H](Cn1ccnn1)C(=O)O. The van der Waals surface area contributed by atoms with E-state index in [2.05, 4.69) is 15.6 Å². The van der Waals surface area contributed by atoms with Crippen LogP contribution >= 0.6 is 0 Å². The van der Waals surface area contributed by atoms with Crippen LogP contribution in [-0.4, -0.2) is 43.8 Å². The molecule has 2 N–H and O–H groups in total. The summed E-state index contributed by atoms with van der Waals surface area (Å²) >= 11 is 0. The number of hydrogen-bond acceptors (Lipinski definition) is 5. The first kappa shape index (κ1) is 13.9. The van der Waals surface area contributed by atoms with Crippen molar-refractivity contribution in [2.75, 3.05) is 0 Å². The van der Waals surface area contributed by atoms with E-state index < -0.39 is 23.7 Å². The van der Waals surface area contributed by atoms with Crippen LogP contribution in [0.2, 0.25) is 0 Å². The lowest BCUT2D eigenvalue weighted by molar-refractivity contribution is -0.139. The molecule has 0 bridgehead atoms. The van der Waals surface area contributed by atoms with Crippen molar-refractivity contribution in [3.8, 4) is 0 Å². The minimum absolute atomic E-state index is 0.0193. The van der Waals surface area contributed by atoms with Crippen LogP contribution in [0.1, 0.15) is 20.8 Å². The van der Waals surface area contributed by atoms with Gasteiger partial charge in [0.05, 0.1) is 12.7 Å². The number of hydrogen-bond donors (Lipinski definition) is 2. The van der Waals surface area contributed by atoms with Crippen LogP contribution in [0.25, 0.3) is 0 Å². The summed E-state index contributed by atoms with van der Waals surface area (Å²) in [4.78, 5) is 22.5. The van der Waals surface area contributed by atoms with E-state index in [1.54, 1.807) is 20.8 Å². The van der Waals surface area contributed by atoms with Crippen molar-refractivity contribution in [2.24, 2.45) is 0 Å². The fourth-order valence-corrected chi connectivity index (χ4v) is 1.15. The highest BCUT2D eigenvalue weighted by molar-refractivity contribution is 5.79. The van der Waals surface area contributed by atoms with Crippen LogP contribution in [0.5, 0.6) is 0 Å². The summed E-state index contributed by atoms with van der Waals surface area (Å²) < 4.78 is 6.29. The van der Waals surface area contributed by atoms with Gasteiger partial charge in [0.2, 0.25) is 0 Å². The summed E-state index contributed by atoms with van der Waals surface area (Å²) in [6.07, 6.45) is 2.15. The van der Waals surface area contributed by atoms with Gasteiger partial charge in [0, 0.05) is 6.20 Å². The number of alkyl carbamates (subject to hydrolysis) is 1. The minimum Gasteiger partial charge on any atom is -0.480 e. The van der Waals surface area contributed by atoms with Crippen LogP contribution in [0, 0.1) is 0 Å². The number of nitrogens with one attached hydrogen (secondary N) is 1. The van der Waals surface area contributed by atoms with Crippen LogP contribution in [0.15, 0.2) is 12.4 Å². The monoisotopic (exact) mass is 256 g/mol. The second-order valence-electron chi connectivity index (χ2n) is 4.66. The summed E-state index contributed by atoms with van der Waals surface area (Å²) in [6.45, 7) is 5.06. The Kier molecular flexibility index (Phi) is 4.24. The van der Waals surface area contributed by atoms with E-state index in [-0.39, 0.29) is 6.54 Å². The maximum Gasteiger partial charge on any atom is 0.408 e. The number of rotatable bonds is 4. The fraction of sp³-hybridized carbons (Fsp3) is 0.600. The van der Waals surface area contributed by atoms with E-state index in [0.717, 1.165) is 0 Å². The summed E-state index contributed by atoms with van der Waals surface area (Å²) in [5.41, 5.74) is -0.680. The summed E-state index contributed by atoms with van der Waals surface area (Å²) in [5.74, 6) is -1.17. The molecule has 1 aromatic rings.